The number of nitrogens with zero attached hydrogens (tertiary/aromatic N) is 7. The van der Waals surface area contributed by atoms with Gasteiger partial charge in [0.05, 0.1) is 22.5 Å². The maximum atomic E-state index is 12.3. The van der Waals surface area contributed by atoms with Gasteiger partial charge >= 0.3 is 22.6 Å². The van der Waals surface area contributed by atoms with Crippen LogP contribution in [0.5, 0.6) is 11.5 Å². The third-order valence-electron chi connectivity index (χ3n) is 21.1. The van der Waals surface area contributed by atoms with Crippen LogP contribution in [0.4, 0.5) is 37.7 Å². The second-order valence-electron chi connectivity index (χ2n) is 46.1. The van der Waals surface area contributed by atoms with E-state index in [1.807, 2.05) is 139 Å². The van der Waals surface area contributed by atoms with Crippen molar-refractivity contribution in [3.63, 3.8) is 0 Å². The van der Waals surface area contributed by atoms with Crippen molar-refractivity contribution in [1.82, 2.24) is 30.6 Å². The molecule has 4 heterocycles. The fraction of sp³-hybridized carbons (Fsp3) is 0.670. The molecule has 5 N–H and O–H groups in total. The summed E-state index contributed by atoms with van der Waals surface area (Å²) in [7, 11) is -5.32. The minimum Gasteiger partial charge on any atom is -0.508 e. The number of benzene rings is 6. The van der Waals surface area contributed by atoms with Crippen molar-refractivity contribution in [3.05, 3.63) is 191 Å². The normalized spacial score (nSPS) is 15.8. The molecular weight excluding hydrogens is 2000 g/mol. The summed E-state index contributed by atoms with van der Waals surface area (Å²) in [6.45, 7) is 73.4. The van der Waals surface area contributed by atoms with Crippen molar-refractivity contribution in [2.24, 2.45) is 32.5 Å². The molecule has 4 aliphatic rings. The van der Waals surface area contributed by atoms with Gasteiger partial charge in [0.2, 0.25) is 10.0 Å². The largest absolute Gasteiger partial charge is 0.508 e. The number of rotatable bonds is 7. The molecule has 0 radical (unpaired) electrons. The lowest BCUT2D eigenvalue weighted by Crippen LogP contribution is -2.43. The Balaban J connectivity index is -0.000000152. The molecule has 23 nitrogen and oxygen atoms in total. The lowest BCUT2D eigenvalue weighted by atomic mass is 9.69. The predicted molar refractivity (Wildman–Crippen MR) is 628 cm³/mol. The van der Waals surface area contributed by atoms with Crippen LogP contribution in [0.15, 0.2) is 152 Å². The predicted octanol–water partition coefficient (Wildman–Crippen LogP) is 28.3. The van der Waals surface area contributed by atoms with Gasteiger partial charge < -0.3 is 15.3 Å². The number of anilines is 2. The molecular formula is C112H213F6N9O14S6. The first-order chi connectivity index (χ1) is 62.4. The molecule has 6 aromatic carbocycles. The van der Waals surface area contributed by atoms with Gasteiger partial charge in [-0.1, -0.05) is 423 Å². The number of aliphatic hydroxyl groups excluding tert-OH is 1. The van der Waals surface area contributed by atoms with E-state index in [9.17, 15) is 82.9 Å². The molecule has 10 rings (SSSR count). The summed E-state index contributed by atoms with van der Waals surface area (Å²) in [5.74, 6) is 6.19. The highest BCUT2D eigenvalue weighted by Gasteiger charge is 2.54. The number of nitrogens with one attached hydrogen (secondary N) is 2. The Morgan fingerprint density at radius 1 is 0.429 bits per heavy atom. The number of para-hydroxylation sites is 3. The number of alkyl halides is 6. The van der Waals surface area contributed by atoms with Gasteiger partial charge in [0.1, 0.15) is 11.5 Å². The number of hydrogen-bond acceptors (Lipinski definition) is 14. The second kappa shape index (κ2) is 65.9. The Morgan fingerprint density at radius 2 is 0.796 bits per heavy atom. The first-order valence-electron chi connectivity index (χ1n) is 47.1. The maximum Gasteiger partial charge on any atom is 0.414 e. The fourth-order valence-electron chi connectivity index (χ4n) is 11.9. The van der Waals surface area contributed by atoms with Gasteiger partial charge in [0.15, 0.2) is 6.10 Å². The van der Waals surface area contributed by atoms with Crippen molar-refractivity contribution < 1.29 is 88.0 Å². The summed E-state index contributed by atoms with van der Waals surface area (Å²) in [5, 5.41) is 27.2. The first kappa shape index (κ1) is 163. The van der Waals surface area contributed by atoms with Gasteiger partial charge in [0, 0.05) is 107 Å². The highest BCUT2D eigenvalue weighted by molar-refractivity contribution is 7.99. The van der Waals surface area contributed by atoms with E-state index in [0.717, 1.165) is 31.8 Å². The van der Waals surface area contributed by atoms with Crippen LogP contribution in [0.3, 0.4) is 0 Å². The van der Waals surface area contributed by atoms with E-state index in [1.165, 1.54) is 126 Å². The Morgan fingerprint density at radius 3 is 1.05 bits per heavy atom. The van der Waals surface area contributed by atoms with E-state index in [4.69, 9.17) is 5.11 Å². The summed E-state index contributed by atoms with van der Waals surface area (Å²) in [5.41, 5.74) is 7.48. The summed E-state index contributed by atoms with van der Waals surface area (Å²) in [4.78, 5) is 0. The monoisotopic (exact) mass is 2210 g/mol. The van der Waals surface area contributed by atoms with Gasteiger partial charge in [-0.15, -0.1) is 0 Å². The van der Waals surface area contributed by atoms with E-state index in [1.54, 1.807) is 59.1 Å². The van der Waals surface area contributed by atoms with E-state index >= 15 is 0 Å². The molecule has 0 spiro atoms. The third-order valence-corrected chi connectivity index (χ3v) is 31.3. The molecule has 0 aromatic heterocycles. The Kier molecular flexibility index (Phi) is 73.2. The molecule has 868 valence electrons. The van der Waals surface area contributed by atoms with Gasteiger partial charge in [0.25, 0.3) is 30.6 Å². The molecule has 2 fully saturated rings. The van der Waals surface area contributed by atoms with Crippen LogP contribution in [-0.4, -0.2) is 213 Å². The van der Waals surface area contributed by atoms with Crippen LogP contribution in [0.1, 0.15) is 347 Å². The maximum absolute atomic E-state index is 12.3. The Labute approximate surface area is 899 Å². The van der Waals surface area contributed by atoms with Crippen LogP contribution in [-0.2, 0) is 99.0 Å². The summed E-state index contributed by atoms with van der Waals surface area (Å²) >= 11 is 0. The highest BCUT2D eigenvalue weighted by Crippen LogP contribution is 2.50. The number of aromatic hydroxyl groups is 2. The molecule has 0 bridgehead atoms. The lowest BCUT2D eigenvalue weighted by molar-refractivity contribution is -0.243. The summed E-state index contributed by atoms with van der Waals surface area (Å²) < 4.78 is 211. The number of phenols is 2. The van der Waals surface area contributed by atoms with Crippen molar-refractivity contribution >= 4 is 77.6 Å². The number of phenolic OH excluding ortho intramolecular Hbond substituents is 2. The zero-order valence-corrected chi connectivity index (χ0v) is 98.4. The molecule has 147 heavy (non-hydrogen) atoms. The molecule has 2 unspecified atom stereocenters. The van der Waals surface area contributed by atoms with Crippen LogP contribution >= 0.6 is 0 Å². The van der Waals surface area contributed by atoms with E-state index in [-0.39, 0.29) is 84.5 Å². The number of halogens is 6. The Hall–Kier alpha value is -6.45. The molecule has 2 atom stereocenters. The SMILES string of the molecule is C.C.C.C.C.C.C.C=S1(=O)Cc2ccc(C(C)(C)C)cc2C1.CC.CC.CC(C)(C)C(C)(C)C(F)(F)F.CC(C)(C)C(O)C(F)(F)F.CC(C)(C)CN1CCNS1(=O)=O.CC(C)(C)CN1c2ccccc2NS1(=O)=O.CC(C)(C)c1cccc(O)c1.CC(C)(C)c1ccccc1.CC(C)(C)c1ccccc1.CC(C)(C)c1ccccc1O.CN(C)S(=O)(=O)N(C)C.CN(C)S(=O)(=O)N(C)CC(C)(C)C.CN1CCCS1(=O)=O. The number of fused-ring (bicyclic) bond motifs is 2. The van der Waals surface area contributed by atoms with Gasteiger partial charge in [-0.25, -0.2) is 17.4 Å². The summed E-state index contributed by atoms with van der Waals surface area (Å²) in [6.07, 6.45) is -10.1. The van der Waals surface area contributed by atoms with Crippen molar-refractivity contribution in [1.29, 1.82) is 0 Å². The molecule has 4 aliphatic heterocycles. The minimum absolute atomic E-state index is 0. The standard InChI is InChI=1S/C13H18OS.C11H16N2O2S.2C10H14O.2C10H14.C8H15F3.C8H20N2O2S.C7H16N2O2S.C6H11F3O.C4H12N2O2S.C4H9NO2S.2C2H6.7CH4/c1-13(2,3)12-6-5-10-8-15(4,14)9-11(10)7-12;1-11(2,3)8-13-10-7-5-4-6-9(10)12-16(13,14)15;1-10(2,3)8-5-4-6-9(11)7-8;1-10(2,3)8-6-4-5-7-9(8)11;2*1-10(2,3)9-7-5-4-6-8-9;1-6(2,3)7(4,5)8(9,10)11;1-8(2,3)7-10(6)13(11,12)9(4)5;1-7(2,3)6-9-5-4-8-12(9,10)11;1-5(2,3)4(10)6(7,8)9;1-5(2)9(7,8)6(3)4;1-5-3-2-4-8(5,6)7;2*1-2;;;;;;;/h5-7H,4,8-9H2,1-3H3;4-7,12H,8H2,1-3H3;2*4-7,11H,1-3H3;2*4-8H,1-3H3;1-5H3;7H2,1-6H3;8H,4-6H2,1-3H3;4,10H,1-3H3;1-4H3;2-4H2,1H3;2*1-2H3;7*1H4. The molecule has 0 amide bonds. The highest BCUT2D eigenvalue weighted by atomic mass is 32.2. The topological polar surface area (TPSA) is 295 Å². The van der Waals surface area contributed by atoms with Crippen molar-refractivity contribution in [2.45, 2.75) is 365 Å². The Bertz CT molecular complexity index is 5240. The fourth-order valence-corrected chi connectivity index (χ4v) is 19.6. The molecule has 2 saturated heterocycles. The lowest BCUT2D eigenvalue weighted by Gasteiger charge is -2.40. The van der Waals surface area contributed by atoms with Crippen LogP contribution in [0.2, 0.25) is 0 Å². The average molecular weight is 2220 g/mol. The van der Waals surface area contributed by atoms with Crippen LogP contribution in [0.25, 0.3) is 0 Å². The van der Waals surface area contributed by atoms with Gasteiger partial charge in [-0.05, 0) is 145 Å². The zero-order chi connectivity index (χ0) is 112. The van der Waals surface area contributed by atoms with E-state index in [2.05, 4.69) is 198 Å². The molecule has 6 aromatic rings. The van der Waals surface area contributed by atoms with Crippen molar-refractivity contribution in [2.75, 3.05) is 110 Å². The number of sulfonamides is 1. The zero-order valence-electron chi connectivity index (χ0n) is 93.5. The quantitative estimate of drug-likeness (QED) is 0.0734. The van der Waals surface area contributed by atoms with Gasteiger partial charge in [-0.3, -0.25) is 13.2 Å². The minimum atomic E-state index is -4.50. The van der Waals surface area contributed by atoms with Gasteiger partial charge in [-0.2, -0.15) is 81.5 Å². The number of aliphatic hydroxyl groups is 1. The third kappa shape index (κ3) is 63.1. The molecule has 0 saturated carbocycles. The molecule has 0 aliphatic carbocycles. The van der Waals surface area contributed by atoms with Crippen LogP contribution < -0.4 is 13.7 Å². The van der Waals surface area contributed by atoms with E-state index < -0.39 is 95.1 Å². The first-order valence-corrected chi connectivity index (χ1v) is 56.5. The van der Waals surface area contributed by atoms with Crippen LogP contribution in [0, 0.1) is 32.5 Å². The summed E-state index contributed by atoms with van der Waals surface area (Å²) in [6, 6.07) is 49.7. The van der Waals surface area contributed by atoms with E-state index in [0.29, 0.717) is 84.5 Å². The second-order valence-corrected chi connectivity index (χ2v) is 58.8. The molecule has 35 heteroatoms. The number of hydrogen-bond donors (Lipinski definition) is 5. The van der Waals surface area contributed by atoms with Crippen molar-refractivity contribution in [3.8, 4) is 11.5 Å². The average Bonchev–Trinajstić information content (AvgIpc) is 1.72. The smallest absolute Gasteiger partial charge is 0.414 e.